The number of halogens is 1. The third-order valence-corrected chi connectivity index (χ3v) is 2.18. The number of fused-ring (bicyclic) bond motifs is 1. The van der Waals surface area contributed by atoms with E-state index in [1.165, 1.54) is 11.1 Å². The molecule has 1 aromatic heterocycles. The highest BCUT2D eigenvalue weighted by Gasteiger charge is 2.13. The van der Waals surface area contributed by atoms with Crippen molar-refractivity contribution in [2.45, 2.75) is 13.3 Å². The molecule has 1 aliphatic heterocycles. The molecule has 2 nitrogen and oxygen atoms in total. The first-order valence-corrected chi connectivity index (χ1v) is 4.05. The molecule has 0 fully saturated rings. The van der Waals surface area contributed by atoms with Crippen LogP contribution in [0.15, 0.2) is 6.07 Å². The Bertz CT molecular complexity index is 296. The van der Waals surface area contributed by atoms with Gasteiger partial charge in [-0.25, -0.2) is 4.98 Å². The molecule has 58 valence electrons. The van der Waals surface area contributed by atoms with E-state index in [0.29, 0.717) is 5.15 Å². The monoisotopic (exact) mass is 168 g/mol. The van der Waals surface area contributed by atoms with Crippen molar-refractivity contribution in [2.75, 3.05) is 11.9 Å². The van der Waals surface area contributed by atoms with Crippen LogP contribution < -0.4 is 5.32 Å². The van der Waals surface area contributed by atoms with Crippen LogP contribution in [0.5, 0.6) is 0 Å². The topological polar surface area (TPSA) is 24.9 Å². The van der Waals surface area contributed by atoms with E-state index in [9.17, 15) is 0 Å². The van der Waals surface area contributed by atoms with E-state index in [0.717, 1.165) is 18.8 Å². The van der Waals surface area contributed by atoms with Gasteiger partial charge in [0.1, 0.15) is 11.0 Å². The summed E-state index contributed by atoms with van der Waals surface area (Å²) in [5.41, 5.74) is 2.56. The average molecular weight is 169 g/mol. The van der Waals surface area contributed by atoms with Crippen molar-refractivity contribution in [3.8, 4) is 0 Å². The van der Waals surface area contributed by atoms with E-state index in [2.05, 4.69) is 17.2 Å². The lowest BCUT2D eigenvalue weighted by Gasteiger charge is -2.01. The van der Waals surface area contributed by atoms with Gasteiger partial charge < -0.3 is 5.32 Å². The minimum absolute atomic E-state index is 0.579. The molecule has 1 N–H and O–H groups in total. The zero-order valence-electron chi connectivity index (χ0n) is 6.32. The molecule has 0 amide bonds. The third kappa shape index (κ3) is 1.07. The van der Waals surface area contributed by atoms with Gasteiger partial charge in [-0.05, 0) is 30.5 Å². The number of aryl methyl sites for hydroxylation is 1. The van der Waals surface area contributed by atoms with Crippen LogP contribution in [-0.4, -0.2) is 11.5 Å². The number of hydrogen-bond donors (Lipinski definition) is 1. The fourth-order valence-electron chi connectivity index (χ4n) is 1.43. The third-order valence-electron chi connectivity index (χ3n) is 1.98. The lowest BCUT2D eigenvalue weighted by Crippen LogP contribution is -1.93. The van der Waals surface area contributed by atoms with E-state index in [4.69, 9.17) is 11.6 Å². The van der Waals surface area contributed by atoms with Gasteiger partial charge in [0.25, 0.3) is 0 Å². The molecular weight excluding hydrogens is 160 g/mol. The highest BCUT2D eigenvalue weighted by Crippen LogP contribution is 2.25. The van der Waals surface area contributed by atoms with Crippen LogP contribution in [0.2, 0.25) is 5.15 Å². The highest BCUT2D eigenvalue weighted by molar-refractivity contribution is 6.29. The smallest absolute Gasteiger partial charge is 0.131 e. The van der Waals surface area contributed by atoms with Gasteiger partial charge in [0.2, 0.25) is 0 Å². The van der Waals surface area contributed by atoms with Crippen molar-refractivity contribution in [2.24, 2.45) is 0 Å². The Labute approximate surface area is 70.6 Å². The molecular formula is C8H9ClN2. The van der Waals surface area contributed by atoms with Crippen LogP contribution >= 0.6 is 11.6 Å². The van der Waals surface area contributed by atoms with Gasteiger partial charge in [-0.2, -0.15) is 0 Å². The number of nitrogens with one attached hydrogen (secondary N) is 1. The number of hydrogen-bond acceptors (Lipinski definition) is 2. The predicted octanol–water partition coefficient (Wildman–Crippen LogP) is 2.01. The van der Waals surface area contributed by atoms with Crippen molar-refractivity contribution >= 4 is 17.4 Å². The van der Waals surface area contributed by atoms with Crippen molar-refractivity contribution in [3.05, 3.63) is 22.3 Å². The summed E-state index contributed by atoms with van der Waals surface area (Å²) >= 11 is 5.78. The van der Waals surface area contributed by atoms with Gasteiger partial charge in [-0.3, -0.25) is 0 Å². The SMILES string of the molecule is Cc1cc(Cl)nc2c1CCN2. The standard InChI is InChI=1S/C8H9ClN2/c1-5-4-7(9)11-8-6(5)2-3-10-8/h4H,2-3H2,1H3,(H,10,11). The molecule has 0 radical (unpaired) electrons. The maximum Gasteiger partial charge on any atom is 0.131 e. The molecule has 0 atom stereocenters. The second-order valence-electron chi connectivity index (χ2n) is 2.77. The fourth-order valence-corrected chi connectivity index (χ4v) is 1.67. The van der Waals surface area contributed by atoms with Crippen LogP contribution in [0.25, 0.3) is 0 Å². The van der Waals surface area contributed by atoms with Crippen molar-refractivity contribution in [1.29, 1.82) is 0 Å². The maximum absolute atomic E-state index is 5.78. The molecule has 2 rings (SSSR count). The quantitative estimate of drug-likeness (QED) is 0.600. The normalized spacial score (nSPS) is 14.4. The molecule has 0 saturated heterocycles. The van der Waals surface area contributed by atoms with Gasteiger partial charge in [0.05, 0.1) is 0 Å². The molecule has 2 heterocycles. The molecule has 0 saturated carbocycles. The Morgan fingerprint density at radius 1 is 1.64 bits per heavy atom. The number of aromatic nitrogens is 1. The number of rotatable bonds is 0. The first kappa shape index (κ1) is 6.92. The van der Waals surface area contributed by atoms with Crippen LogP contribution in [0.3, 0.4) is 0 Å². The van der Waals surface area contributed by atoms with Gasteiger partial charge >= 0.3 is 0 Å². The fraction of sp³-hybridized carbons (Fsp3) is 0.375. The summed E-state index contributed by atoms with van der Waals surface area (Å²) < 4.78 is 0. The zero-order valence-corrected chi connectivity index (χ0v) is 7.07. The highest BCUT2D eigenvalue weighted by atomic mass is 35.5. The number of pyridine rings is 1. The zero-order chi connectivity index (χ0) is 7.84. The number of anilines is 1. The molecule has 0 aromatic carbocycles. The summed E-state index contributed by atoms with van der Waals surface area (Å²) in [7, 11) is 0. The summed E-state index contributed by atoms with van der Waals surface area (Å²) in [5, 5.41) is 3.77. The lowest BCUT2D eigenvalue weighted by molar-refractivity contribution is 1.09. The van der Waals surface area contributed by atoms with E-state index in [1.54, 1.807) is 0 Å². The molecule has 0 unspecified atom stereocenters. The average Bonchev–Trinajstić information content (AvgIpc) is 2.34. The summed E-state index contributed by atoms with van der Waals surface area (Å²) in [6, 6.07) is 1.91. The first-order valence-electron chi connectivity index (χ1n) is 3.67. The molecule has 11 heavy (non-hydrogen) atoms. The second kappa shape index (κ2) is 2.38. The van der Waals surface area contributed by atoms with Crippen molar-refractivity contribution in [3.63, 3.8) is 0 Å². The van der Waals surface area contributed by atoms with E-state index >= 15 is 0 Å². The van der Waals surface area contributed by atoms with Crippen LogP contribution in [0.1, 0.15) is 11.1 Å². The van der Waals surface area contributed by atoms with E-state index in [-0.39, 0.29) is 0 Å². The Morgan fingerprint density at radius 2 is 2.45 bits per heavy atom. The maximum atomic E-state index is 5.78. The van der Waals surface area contributed by atoms with E-state index in [1.807, 2.05) is 6.07 Å². The lowest BCUT2D eigenvalue weighted by atomic mass is 10.1. The largest absolute Gasteiger partial charge is 0.369 e. The van der Waals surface area contributed by atoms with E-state index < -0.39 is 0 Å². The Morgan fingerprint density at radius 3 is 3.27 bits per heavy atom. The summed E-state index contributed by atoms with van der Waals surface area (Å²) in [6.07, 6.45) is 1.07. The molecule has 0 spiro atoms. The van der Waals surface area contributed by atoms with Crippen molar-refractivity contribution in [1.82, 2.24) is 4.98 Å². The van der Waals surface area contributed by atoms with Gasteiger partial charge in [0, 0.05) is 6.54 Å². The molecule has 1 aliphatic rings. The van der Waals surface area contributed by atoms with Gasteiger partial charge in [-0.15, -0.1) is 0 Å². The van der Waals surface area contributed by atoms with Crippen molar-refractivity contribution < 1.29 is 0 Å². The molecule has 3 heteroatoms. The predicted molar refractivity (Wildman–Crippen MR) is 46.2 cm³/mol. The Balaban J connectivity index is 2.60. The van der Waals surface area contributed by atoms with Crippen LogP contribution in [0, 0.1) is 6.92 Å². The molecule has 0 bridgehead atoms. The van der Waals surface area contributed by atoms with Gasteiger partial charge in [0.15, 0.2) is 0 Å². The van der Waals surface area contributed by atoms with Gasteiger partial charge in [-0.1, -0.05) is 11.6 Å². The summed E-state index contributed by atoms with van der Waals surface area (Å²) in [4.78, 5) is 4.17. The first-order chi connectivity index (χ1) is 5.27. The minimum atomic E-state index is 0.579. The molecule has 0 aliphatic carbocycles. The molecule has 1 aromatic rings. The summed E-state index contributed by atoms with van der Waals surface area (Å²) in [5.74, 6) is 0.968. The minimum Gasteiger partial charge on any atom is -0.369 e. The Hall–Kier alpha value is -0.760. The van der Waals surface area contributed by atoms with Crippen LogP contribution in [0.4, 0.5) is 5.82 Å². The Kier molecular flexibility index (Phi) is 1.50. The summed E-state index contributed by atoms with van der Waals surface area (Å²) in [6.45, 7) is 3.06. The van der Waals surface area contributed by atoms with Crippen LogP contribution in [-0.2, 0) is 6.42 Å². The second-order valence-corrected chi connectivity index (χ2v) is 3.15. The number of nitrogens with zero attached hydrogens (tertiary/aromatic N) is 1.